The number of halogens is 1. The van der Waals surface area contributed by atoms with Crippen LogP contribution in [0.4, 0.5) is 4.39 Å². The van der Waals surface area contributed by atoms with Crippen LogP contribution in [0.5, 0.6) is 0 Å². The lowest BCUT2D eigenvalue weighted by atomic mass is 9.90. The summed E-state index contributed by atoms with van der Waals surface area (Å²) in [7, 11) is 1.23. The van der Waals surface area contributed by atoms with Gasteiger partial charge in [0.2, 0.25) is 0 Å². The van der Waals surface area contributed by atoms with Crippen molar-refractivity contribution >= 4 is 11.9 Å². The fraction of sp³-hybridized carbons (Fsp3) is 0.429. The Hall–Kier alpha value is -1.91. The molecule has 19 heavy (non-hydrogen) atoms. The van der Waals surface area contributed by atoms with Gasteiger partial charge in [-0.2, -0.15) is 0 Å². The molecule has 0 radical (unpaired) electrons. The van der Waals surface area contributed by atoms with E-state index in [-0.39, 0.29) is 23.8 Å². The number of rotatable bonds is 5. The second-order valence-corrected chi connectivity index (χ2v) is 4.77. The third-order valence-electron chi connectivity index (χ3n) is 3.41. The van der Waals surface area contributed by atoms with E-state index in [1.54, 1.807) is 0 Å². The van der Waals surface area contributed by atoms with Gasteiger partial charge in [0.1, 0.15) is 5.82 Å². The highest BCUT2D eigenvalue weighted by molar-refractivity contribution is 5.89. The van der Waals surface area contributed by atoms with Gasteiger partial charge >= 0.3 is 11.9 Å². The lowest BCUT2D eigenvalue weighted by molar-refractivity contribution is -0.137. The summed E-state index contributed by atoms with van der Waals surface area (Å²) in [5.41, 5.74) is 0.506. The van der Waals surface area contributed by atoms with Gasteiger partial charge in [-0.25, -0.2) is 9.18 Å². The standard InChI is InChI=1S/C14H15FO4/c1-19-14(18)9-4-5-10(12(15)6-9)11(7-13(16)17)8-2-3-8/h4-6,8,11H,2-3,7H2,1H3,(H,16,17). The Morgan fingerprint density at radius 1 is 1.47 bits per heavy atom. The Balaban J connectivity index is 2.27. The number of aliphatic carboxylic acids is 1. The van der Waals surface area contributed by atoms with Gasteiger partial charge in [0, 0.05) is 5.92 Å². The van der Waals surface area contributed by atoms with E-state index in [0.717, 1.165) is 18.9 Å². The van der Waals surface area contributed by atoms with Crippen molar-refractivity contribution in [3.8, 4) is 0 Å². The first-order valence-electron chi connectivity index (χ1n) is 6.12. The van der Waals surface area contributed by atoms with E-state index in [1.807, 2.05) is 0 Å². The van der Waals surface area contributed by atoms with Gasteiger partial charge < -0.3 is 9.84 Å². The van der Waals surface area contributed by atoms with Gasteiger partial charge in [0.15, 0.2) is 0 Å². The minimum atomic E-state index is -0.937. The molecule has 1 fully saturated rings. The Kier molecular flexibility index (Phi) is 3.83. The van der Waals surface area contributed by atoms with E-state index in [4.69, 9.17) is 5.11 Å². The van der Waals surface area contributed by atoms with Crippen LogP contribution in [0.2, 0.25) is 0 Å². The van der Waals surface area contributed by atoms with E-state index in [0.29, 0.717) is 5.56 Å². The number of ether oxygens (including phenoxy) is 1. The van der Waals surface area contributed by atoms with Crippen molar-refractivity contribution in [3.63, 3.8) is 0 Å². The van der Waals surface area contributed by atoms with Crippen LogP contribution in [0.3, 0.4) is 0 Å². The van der Waals surface area contributed by atoms with Gasteiger partial charge in [0.05, 0.1) is 19.1 Å². The van der Waals surface area contributed by atoms with Crippen LogP contribution in [-0.4, -0.2) is 24.2 Å². The van der Waals surface area contributed by atoms with Crippen molar-refractivity contribution in [1.29, 1.82) is 0 Å². The number of methoxy groups -OCH3 is 1. The number of esters is 1. The van der Waals surface area contributed by atoms with Crippen LogP contribution in [0.25, 0.3) is 0 Å². The van der Waals surface area contributed by atoms with E-state index in [2.05, 4.69) is 4.74 Å². The maximum absolute atomic E-state index is 14.0. The summed E-state index contributed by atoms with van der Waals surface area (Å²) in [5.74, 6) is -2.17. The number of carbonyl (C=O) groups is 2. The van der Waals surface area contributed by atoms with Crippen molar-refractivity contribution in [1.82, 2.24) is 0 Å². The third-order valence-corrected chi connectivity index (χ3v) is 3.41. The molecular weight excluding hydrogens is 251 g/mol. The van der Waals surface area contributed by atoms with Crippen molar-refractivity contribution < 1.29 is 23.8 Å². The molecule has 1 aromatic rings. The average Bonchev–Trinajstić information content (AvgIpc) is 3.19. The molecule has 1 aromatic carbocycles. The van der Waals surface area contributed by atoms with Crippen molar-refractivity contribution in [2.24, 2.45) is 5.92 Å². The topological polar surface area (TPSA) is 63.6 Å². The van der Waals surface area contributed by atoms with Gasteiger partial charge in [-0.3, -0.25) is 4.79 Å². The van der Waals surface area contributed by atoms with Crippen molar-refractivity contribution in [2.45, 2.75) is 25.2 Å². The van der Waals surface area contributed by atoms with Gasteiger partial charge in [0.25, 0.3) is 0 Å². The second-order valence-electron chi connectivity index (χ2n) is 4.77. The van der Waals surface area contributed by atoms with Gasteiger partial charge in [-0.1, -0.05) is 6.07 Å². The summed E-state index contributed by atoms with van der Waals surface area (Å²) >= 11 is 0. The van der Waals surface area contributed by atoms with Crippen LogP contribution in [0, 0.1) is 11.7 Å². The first-order valence-corrected chi connectivity index (χ1v) is 6.12. The monoisotopic (exact) mass is 266 g/mol. The largest absolute Gasteiger partial charge is 0.481 e. The van der Waals surface area contributed by atoms with Crippen LogP contribution in [-0.2, 0) is 9.53 Å². The zero-order chi connectivity index (χ0) is 14.0. The Morgan fingerprint density at radius 2 is 2.16 bits per heavy atom. The SMILES string of the molecule is COC(=O)c1ccc(C(CC(=O)O)C2CC2)c(F)c1. The van der Waals surface area contributed by atoms with E-state index in [1.165, 1.54) is 19.2 Å². The molecule has 0 saturated heterocycles. The number of hydrogen-bond acceptors (Lipinski definition) is 3. The second kappa shape index (κ2) is 5.38. The predicted octanol–water partition coefficient (Wildman–Crippen LogP) is 2.58. The molecule has 0 aliphatic heterocycles. The molecule has 1 atom stereocenters. The number of carboxylic acids is 1. The molecule has 1 aliphatic carbocycles. The number of carboxylic acid groups (broad SMARTS) is 1. The minimum absolute atomic E-state index is 0.0842. The van der Waals surface area contributed by atoms with Crippen LogP contribution in [0.1, 0.15) is 41.1 Å². The Morgan fingerprint density at radius 3 is 2.63 bits per heavy atom. The fourth-order valence-corrected chi connectivity index (χ4v) is 2.29. The summed E-state index contributed by atoms with van der Waals surface area (Å²) < 4.78 is 18.6. The number of carbonyl (C=O) groups excluding carboxylic acids is 1. The minimum Gasteiger partial charge on any atom is -0.481 e. The predicted molar refractivity (Wildman–Crippen MR) is 65.5 cm³/mol. The Bertz CT molecular complexity index is 508. The quantitative estimate of drug-likeness (QED) is 0.832. The highest BCUT2D eigenvalue weighted by Gasteiger charge is 2.35. The third kappa shape index (κ3) is 3.10. The van der Waals surface area contributed by atoms with E-state index < -0.39 is 17.8 Å². The molecule has 2 rings (SSSR count). The molecule has 4 nitrogen and oxygen atoms in total. The smallest absolute Gasteiger partial charge is 0.337 e. The molecule has 0 amide bonds. The number of benzene rings is 1. The van der Waals surface area contributed by atoms with E-state index in [9.17, 15) is 14.0 Å². The molecule has 0 bridgehead atoms. The summed E-state index contributed by atoms with van der Waals surface area (Å²) in [6.07, 6.45) is 1.77. The highest BCUT2D eigenvalue weighted by atomic mass is 19.1. The molecule has 1 unspecified atom stereocenters. The first-order chi connectivity index (χ1) is 9.02. The Labute approximate surface area is 110 Å². The van der Waals surface area contributed by atoms with Gasteiger partial charge in [-0.15, -0.1) is 0 Å². The molecule has 102 valence electrons. The van der Waals surface area contributed by atoms with Crippen molar-refractivity contribution in [2.75, 3.05) is 7.11 Å². The summed E-state index contributed by atoms with van der Waals surface area (Å²) in [4.78, 5) is 22.1. The normalized spacial score (nSPS) is 15.9. The van der Waals surface area contributed by atoms with Crippen LogP contribution >= 0.6 is 0 Å². The lowest BCUT2D eigenvalue weighted by Crippen LogP contribution is -2.11. The van der Waals surface area contributed by atoms with Crippen LogP contribution in [0.15, 0.2) is 18.2 Å². The molecule has 1 N–H and O–H groups in total. The van der Waals surface area contributed by atoms with Gasteiger partial charge in [-0.05, 0) is 36.5 Å². The maximum Gasteiger partial charge on any atom is 0.337 e. The average molecular weight is 266 g/mol. The fourth-order valence-electron chi connectivity index (χ4n) is 2.29. The molecule has 1 aliphatic rings. The van der Waals surface area contributed by atoms with E-state index >= 15 is 0 Å². The van der Waals surface area contributed by atoms with Crippen molar-refractivity contribution in [3.05, 3.63) is 35.1 Å². The lowest BCUT2D eigenvalue weighted by Gasteiger charge is -2.15. The zero-order valence-corrected chi connectivity index (χ0v) is 10.6. The molecular formula is C14H15FO4. The maximum atomic E-state index is 14.0. The molecule has 0 heterocycles. The van der Waals surface area contributed by atoms with Crippen LogP contribution < -0.4 is 0 Å². The number of hydrogen-bond donors (Lipinski definition) is 1. The molecule has 5 heteroatoms. The first kappa shape index (κ1) is 13.5. The molecule has 0 spiro atoms. The zero-order valence-electron chi connectivity index (χ0n) is 10.6. The summed E-state index contributed by atoms with van der Waals surface area (Å²) in [5, 5.41) is 8.90. The summed E-state index contributed by atoms with van der Waals surface area (Å²) in [6, 6.07) is 4.08. The summed E-state index contributed by atoms with van der Waals surface area (Å²) in [6.45, 7) is 0. The highest BCUT2D eigenvalue weighted by Crippen LogP contribution is 2.45. The molecule has 1 saturated carbocycles. The molecule has 0 aromatic heterocycles.